The standard InChI is InChI=1S/C23H27NO6/c1-4-30-20-10-7-17(15-19(20)21(25)28-3)24-22(26)23(11-13-29-14-12-23)16-5-8-18(27-2)9-6-16/h5-10,15H,4,11-14H2,1-3H3,(H,24,26). The second-order valence-electron chi connectivity index (χ2n) is 7.01. The molecule has 1 aliphatic rings. The van der Waals surface area contributed by atoms with Gasteiger partial charge in [0.15, 0.2) is 0 Å². The zero-order valence-electron chi connectivity index (χ0n) is 17.5. The van der Waals surface area contributed by atoms with Crippen molar-refractivity contribution < 1.29 is 28.5 Å². The van der Waals surface area contributed by atoms with Gasteiger partial charge in [-0.1, -0.05) is 12.1 Å². The fourth-order valence-electron chi connectivity index (χ4n) is 3.69. The molecule has 0 spiro atoms. The molecule has 1 saturated heterocycles. The van der Waals surface area contributed by atoms with Gasteiger partial charge < -0.3 is 24.3 Å². The van der Waals surface area contributed by atoms with Crippen molar-refractivity contribution in [1.82, 2.24) is 0 Å². The Kier molecular flexibility index (Phi) is 6.95. The van der Waals surface area contributed by atoms with Crippen LogP contribution in [-0.4, -0.2) is 45.9 Å². The summed E-state index contributed by atoms with van der Waals surface area (Å²) in [6.07, 6.45) is 1.12. The van der Waals surface area contributed by atoms with Crippen molar-refractivity contribution in [3.8, 4) is 11.5 Å². The van der Waals surface area contributed by atoms with Crippen LogP contribution in [0.1, 0.15) is 35.7 Å². The Balaban J connectivity index is 1.91. The molecule has 0 bridgehead atoms. The molecule has 3 rings (SSSR count). The van der Waals surface area contributed by atoms with E-state index in [0.29, 0.717) is 44.1 Å². The third kappa shape index (κ3) is 4.41. The first-order valence-electron chi connectivity index (χ1n) is 9.93. The van der Waals surface area contributed by atoms with Crippen molar-refractivity contribution in [3.63, 3.8) is 0 Å². The Morgan fingerprint density at radius 2 is 1.77 bits per heavy atom. The Morgan fingerprint density at radius 3 is 2.37 bits per heavy atom. The summed E-state index contributed by atoms with van der Waals surface area (Å²) in [7, 11) is 2.92. The quantitative estimate of drug-likeness (QED) is 0.699. The summed E-state index contributed by atoms with van der Waals surface area (Å²) in [5, 5.41) is 2.98. The van der Waals surface area contributed by atoms with E-state index in [1.54, 1.807) is 25.3 Å². The predicted octanol–water partition coefficient (Wildman–Crippen LogP) is 3.57. The second kappa shape index (κ2) is 9.63. The number of amides is 1. The number of anilines is 1. The minimum Gasteiger partial charge on any atom is -0.497 e. The summed E-state index contributed by atoms with van der Waals surface area (Å²) < 4.78 is 21.1. The van der Waals surface area contributed by atoms with Crippen LogP contribution >= 0.6 is 0 Å². The molecular formula is C23H27NO6. The second-order valence-corrected chi connectivity index (χ2v) is 7.01. The number of ether oxygens (including phenoxy) is 4. The van der Waals surface area contributed by atoms with Gasteiger partial charge in [0.1, 0.15) is 17.1 Å². The number of carbonyl (C=O) groups is 2. The van der Waals surface area contributed by atoms with Gasteiger partial charge in [-0.25, -0.2) is 4.79 Å². The maximum atomic E-state index is 13.5. The number of hydrogen-bond acceptors (Lipinski definition) is 6. The number of methoxy groups -OCH3 is 2. The highest BCUT2D eigenvalue weighted by atomic mass is 16.5. The fourth-order valence-corrected chi connectivity index (χ4v) is 3.69. The van der Waals surface area contributed by atoms with Crippen molar-refractivity contribution in [1.29, 1.82) is 0 Å². The molecule has 0 radical (unpaired) electrons. The molecule has 0 saturated carbocycles. The highest BCUT2D eigenvalue weighted by Gasteiger charge is 2.41. The maximum Gasteiger partial charge on any atom is 0.341 e. The first kappa shape index (κ1) is 21.6. The molecule has 1 amide bonds. The molecule has 0 aliphatic carbocycles. The molecular weight excluding hydrogens is 386 g/mol. The van der Waals surface area contributed by atoms with Gasteiger partial charge >= 0.3 is 5.97 Å². The molecule has 30 heavy (non-hydrogen) atoms. The van der Waals surface area contributed by atoms with Crippen molar-refractivity contribution >= 4 is 17.6 Å². The van der Waals surface area contributed by atoms with E-state index in [0.717, 1.165) is 11.3 Å². The Hall–Kier alpha value is -3.06. The van der Waals surface area contributed by atoms with Crippen LogP contribution in [0.4, 0.5) is 5.69 Å². The van der Waals surface area contributed by atoms with Crippen LogP contribution < -0.4 is 14.8 Å². The number of hydrogen-bond donors (Lipinski definition) is 1. The number of benzene rings is 2. The van der Waals surface area contributed by atoms with Crippen LogP contribution in [0.25, 0.3) is 0 Å². The lowest BCUT2D eigenvalue weighted by molar-refractivity contribution is -0.125. The lowest BCUT2D eigenvalue weighted by Gasteiger charge is -2.36. The van der Waals surface area contributed by atoms with Crippen molar-refractivity contribution in [2.45, 2.75) is 25.2 Å². The van der Waals surface area contributed by atoms with Crippen LogP contribution in [0.2, 0.25) is 0 Å². The highest BCUT2D eigenvalue weighted by Crippen LogP contribution is 2.37. The average molecular weight is 413 g/mol. The molecule has 1 aliphatic heterocycles. The van der Waals surface area contributed by atoms with Gasteiger partial charge in [-0.2, -0.15) is 0 Å². The van der Waals surface area contributed by atoms with E-state index in [-0.39, 0.29) is 11.5 Å². The topological polar surface area (TPSA) is 83.1 Å². The number of esters is 1. The predicted molar refractivity (Wildman–Crippen MR) is 112 cm³/mol. The van der Waals surface area contributed by atoms with Gasteiger partial charge in [-0.3, -0.25) is 4.79 Å². The van der Waals surface area contributed by atoms with E-state index in [1.807, 2.05) is 31.2 Å². The average Bonchev–Trinajstić information content (AvgIpc) is 2.80. The smallest absolute Gasteiger partial charge is 0.341 e. The SMILES string of the molecule is CCOc1ccc(NC(=O)C2(c3ccc(OC)cc3)CCOCC2)cc1C(=O)OC. The molecule has 0 aromatic heterocycles. The molecule has 1 fully saturated rings. The van der Waals surface area contributed by atoms with Crippen LogP contribution in [0.3, 0.4) is 0 Å². The maximum absolute atomic E-state index is 13.5. The summed E-state index contributed by atoms with van der Waals surface area (Å²) in [6.45, 7) is 3.24. The number of rotatable bonds is 7. The molecule has 1 heterocycles. The van der Waals surface area contributed by atoms with Gasteiger partial charge in [0, 0.05) is 18.9 Å². The van der Waals surface area contributed by atoms with Crippen LogP contribution in [0, 0.1) is 0 Å². The molecule has 7 nitrogen and oxygen atoms in total. The van der Waals surface area contributed by atoms with Crippen molar-refractivity contribution in [2.75, 3.05) is 39.4 Å². The van der Waals surface area contributed by atoms with E-state index >= 15 is 0 Å². The third-order valence-corrected chi connectivity index (χ3v) is 5.37. The van der Waals surface area contributed by atoms with Gasteiger partial charge in [-0.05, 0) is 55.7 Å². The molecule has 2 aromatic rings. The minimum absolute atomic E-state index is 0.143. The summed E-state index contributed by atoms with van der Waals surface area (Å²) in [5.41, 5.74) is 0.947. The van der Waals surface area contributed by atoms with Crippen molar-refractivity contribution in [3.05, 3.63) is 53.6 Å². The van der Waals surface area contributed by atoms with E-state index in [2.05, 4.69) is 5.32 Å². The van der Waals surface area contributed by atoms with E-state index in [4.69, 9.17) is 18.9 Å². The first-order valence-corrected chi connectivity index (χ1v) is 9.93. The molecule has 7 heteroatoms. The van der Waals surface area contributed by atoms with Gasteiger partial charge in [0.2, 0.25) is 5.91 Å². The number of carbonyl (C=O) groups excluding carboxylic acids is 2. The minimum atomic E-state index is -0.728. The van der Waals surface area contributed by atoms with E-state index in [1.165, 1.54) is 7.11 Å². The summed E-state index contributed by atoms with van der Waals surface area (Å²) >= 11 is 0. The summed E-state index contributed by atoms with van der Waals surface area (Å²) in [6, 6.07) is 12.5. The van der Waals surface area contributed by atoms with Crippen LogP contribution in [0.5, 0.6) is 11.5 Å². The van der Waals surface area contributed by atoms with Crippen LogP contribution in [0.15, 0.2) is 42.5 Å². The Labute approximate surface area is 176 Å². The zero-order valence-corrected chi connectivity index (χ0v) is 17.5. The molecule has 2 aromatic carbocycles. The Morgan fingerprint density at radius 1 is 1.07 bits per heavy atom. The zero-order chi connectivity index (χ0) is 21.6. The summed E-state index contributed by atoms with van der Waals surface area (Å²) in [5.74, 6) is 0.482. The normalized spacial score (nSPS) is 15.2. The monoisotopic (exact) mass is 413 g/mol. The van der Waals surface area contributed by atoms with Gasteiger partial charge in [0.05, 0.1) is 26.2 Å². The lowest BCUT2D eigenvalue weighted by atomic mass is 9.73. The van der Waals surface area contributed by atoms with Gasteiger partial charge in [-0.15, -0.1) is 0 Å². The Bertz CT molecular complexity index is 887. The lowest BCUT2D eigenvalue weighted by Crippen LogP contribution is -2.44. The number of nitrogens with one attached hydrogen (secondary N) is 1. The van der Waals surface area contributed by atoms with E-state index in [9.17, 15) is 9.59 Å². The highest BCUT2D eigenvalue weighted by molar-refractivity contribution is 6.01. The third-order valence-electron chi connectivity index (χ3n) is 5.37. The summed E-state index contributed by atoms with van der Waals surface area (Å²) in [4.78, 5) is 25.6. The first-order chi connectivity index (χ1) is 14.5. The molecule has 0 atom stereocenters. The van der Waals surface area contributed by atoms with E-state index < -0.39 is 11.4 Å². The van der Waals surface area contributed by atoms with Crippen LogP contribution in [-0.2, 0) is 19.7 Å². The molecule has 0 unspecified atom stereocenters. The molecule has 160 valence electrons. The van der Waals surface area contributed by atoms with Gasteiger partial charge in [0.25, 0.3) is 0 Å². The van der Waals surface area contributed by atoms with Crippen molar-refractivity contribution in [2.24, 2.45) is 0 Å². The largest absolute Gasteiger partial charge is 0.497 e. The molecule has 1 N–H and O–H groups in total. The fraction of sp³-hybridized carbons (Fsp3) is 0.391.